The Balaban J connectivity index is 0.848. The summed E-state index contributed by atoms with van der Waals surface area (Å²) in [4.78, 5) is 72.3. The lowest BCUT2D eigenvalue weighted by Gasteiger charge is -2.36. The Hall–Kier alpha value is -7.10. The van der Waals surface area contributed by atoms with E-state index in [1.54, 1.807) is 61.3 Å². The average Bonchev–Trinajstić information content (AvgIpc) is 3.98. The molecule has 5 N–H and O–H groups in total. The maximum atomic E-state index is 16.7. The third kappa shape index (κ3) is 7.19. The van der Waals surface area contributed by atoms with Crippen molar-refractivity contribution in [2.45, 2.75) is 88.5 Å². The molecule has 2 aromatic heterocycles. The molecule has 2 bridgehead atoms. The summed E-state index contributed by atoms with van der Waals surface area (Å²) in [6, 6.07) is 22.3. The SMILES string of the molecule is COC(=O)N[C@@H](C(=O)N1[C@@H]2CC[C@@H](C2)[C@H]1c1nc2ccc(-c3ccc4c(c3)C(F)(F)c3cc(-c5cnc([C@@H]6CC7(CC7)CN6C(=O)[C@@H](NC(=O)O)C(C)C)[nH]5)ccc3-4)cc2[nH]1)c1ccccc1. The second-order valence-corrected chi connectivity index (χ2v) is 19.4. The van der Waals surface area contributed by atoms with Gasteiger partial charge >= 0.3 is 12.2 Å². The molecule has 16 heteroatoms. The van der Waals surface area contributed by atoms with Crippen LogP contribution in [0.25, 0.3) is 44.5 Å². The summed E-state index contributed by atoms with van der Waals surface area (Å²) in [5.74, 6) is -2.75. The molecule has 4 amide bonds. The Labute approximate surface area is 384 Å². The molecule has 3 aliphatic carbocycles. The van der Waals surface area contributed by atoms with Crippen LogP contribution in [-0.4, -0.2) is 84.6 Å². The minimum absolute atomic E-state index is 0.00853. The number of hydrogen-bond acceptors (Lipinski definition) is 7. The number of H-pyrrole nitrogens is 2. The number of nitrogens with zero attached hydrogens (tertiary/aromatic N) is 4. The molecule has 2 saturated heterocycles. The van der Waals surface area contributed by atoms with Gasteiger partial charge in [0.15, 0.2) is 0 Å². The highest BCUT2D eigenvalue weighted by Gasteiger charge is 2.56. The number of piperidine rings is 1. The number of imidazole rings is 2. The van der Waals surface area contributed by atoms with Gasteiger partial charge in [0.25, 0.3) is 11.8 Å². The number of benzene rings is 4. The van der Waals surface area contributed by atoms with Crippen LogP contribution >= 0.6 is 0 Å². The predicted octanol–water partition coefficient (Wildman–Crippen LogP) is 9.24. The maximum absolute atomic E-state index is 16.7. The van der Waals surface area contributed by atoms with E-state index in [1.807, 2.05) is 47.4 Å². The van der Waals surface area contributed by atoms with Crippen LogP contribution in [0.5, 0.6) is 0 Å². The van der Waals surface area contributed by atoms with Gasteiger partial charge in [0.2, 0.25) is 5.91 Å². The lowest BCUT2D eigenvalue weighted by Crippen LogP contribution is -2.51. The first-order valence-electron chi connectivity index (χ1n) is 23.0. The fourth-order valence-corrected chi connectivity index (χ4v) is 11.4. The second-order valence-electron chi connectivity index (χ2n) is 19.4. The van der Waals surface area contributed by atoms with Gasteiger partial charge in [-0.05, 0) is 108 Å². The first-order valence-corrected chi connectivity index (χ1v) is 23.0. The molecule has 4 fully saturated rings. The highest BCUT2D eigenvalue weighted by molar-refractivity contribution is 5.90. The summed E-state index contributed by atoms with van der Waals surface area (Å²) in [6.07, 6.45) is 4.89. The highest BCUT2D eigenvalue weighted by atomic mass is 19.3. The van der Waals surface area contributed by atoms with Crippen LogP contribution in [-0.2, 0) is 20.2 Å². The van der Waals surface area contributed by atoms with Crippen molar-refractivity contribution in [2.75, 3.05) is 13.7 Å². The van der Waals surface area contributed by atoms with Gasteiger partial charge in [0.05, 0.1) is 42.1 Å². The van der Waals surface area contributed by atoms with Gasteiger partial charge in [0.1, 0.15) is 23.7 Å². The van der Waals surface area contributed by atoms with Gasteiger partial charge in [-0.2, -0.15) is 8.78 Å². The summed E-state index contributed by atoms with van der Waals surface area (Å²) in [5.41, 5.74) is 5.11. The van der Waals surface area contributed by atoms with E-state index >= 15 is 8.78 Å². The van der Waals surface area contributed by atoms with Gasteiger partial charge in [0, 0.05) is 29.3 Å². The van der Waals surface area contributed by atoms with Crippen molar-refractivity contribution in [3.05, 3.63) is 119 Å². The van der Waals surface area contributed by atoms with Crippen molar-refractivity contribution < 1.29 is 37.8 Å². The first kappa shape index (κ1) is 42.5. The van der Waals surface area contributed by atoms with Crippen LogP contribution < -0.4 is 10.6 Å². The number of ether oxygens (including phenoxy) is 1. The minimum Gasteiger partial charge on any atom is -0.465 e. The maximum Gasteiger partial charge on any atom is 0.407 e. The zero-order valence-electron chi connectivity index (χ0n) is 37.2. The molecule has 4 aromatic carbocycles. The van der Waals surface area contributed by atoms with Crippen LogP contribution in [0.2, 0.25) is 0 Å². The number of halogens is 2. The Morgan fingerprint density at radius 1 is 0.851 bits per heavy atom. The van der Waals surface area contributed by atoms with Gasteiger partial charge in [-0.15, -0.1) is 0 Å². The third-order valence-corrected chi connectivity index (χ3v) is 15.0. The molecular weight excluding hydrogens is 859 g/mol. The molecule has 2 aliphatic heterocycles. The molecular formula is C51H50F2N8O6. The lowest BCUT2D eigenvalue weighted by atomic mass is 9.96. The summed E-state index contributed by atoms with van der Waals surface area (Å²) < 4.78 is 38.3. The fourth-order valence-electron chi connectivity index (χ4n) is 11.4. The molecule has 344 valence electrons. The van der Waals surface area contributed by atoms with Gasteiger partial charge in [-0.1, -0.05) is 74.5 Å². The third-order valence-electron chi connectivity index (χ3n) is 15.0. The molecule has 0 radical (unpaired) electrons. The number of amides is 4. The normalized spacial score (nSPS) is 22.5. The van der Waals surface area contributed by atoms with Crippen LogP contribution in [0, 0.1) is 17.3 Å². The number of methoxy groups -OCH3 is 1. The van der Waals surface area contributed by atoms with Crippen LogP contribution in [0.4, 0.5) is 18.4 Å². The quantitative estimate of drug-likeness (QED) is 0.0901. The van der Waals surface area contributed by atoms with E-state index in [2.05, 4.69) is 25.6 Å². The summed E-state index contributed by atoms with van der Waals surface area (Å²) >= 11 is 0. The van der Waals surface area contributed by atoms with Crippen molar-refractivity contribution in [1.29, 1.82) is 0 Å². The number of likely N-dealkylation sites (tertiary alicyclic amines) is 2. The molecule has 1 spiro atoms. The summed E-state index contributed by atoms with van der Waals surface area (Å²) in [6.45, 7) is 4.11. The number of hydrogen-bond donors (Lipinski definition) is 5. The topological polar surface area (TPSA) is 186 Å². The number of alkyl halides is 2. The van der Waals surface area contributed by atoms with Crippen LogP contribution in [0.15, 0.2) is 91.1 Å². The van der Waals surface area contributed by atoms with Crippen LogP contribution in [0.1, 0.15) is 98.8 Å². The Bertz CT molecular complexity index is 2980. The zero-order valence-corrected chi connectivity index (χ0v) is 37.2. The Kier molecular flexibility index (Phi) is 10.0. The molecule has 11 rings (SSSR count). The van der Waals surface area contributed by atoms with E-state index in [0.717, 1.165) is 37.7 Å². The van der Waals surface area contributed by atoms with Gasteiger partial charge < -0.3 is 40.2 Å². The van der Waals surface area contributed by atoms with Crippen molar-refractivity contribution in [1.82, 2.24) is 40.4 Å². The number of aromatic amines is 2. The number of rotatable bonds is 10. The smallest absolute Gasteiger partial charge is 0.407 e. The van der Waals surface area contributed by atoms with Gasteiger partial charge in [-0.3, -0.25) is 9.59 Å². The van der Waals surface area contributed by atoms with E-state index < -0.39 is 36.2 Å². The number of fused-ring (bicyclic) bond motifs is 6. The standard InChI is InChI=1S/C51H50F2N8O6/c1-26(2)41(58-48(64)65)46(62)60-25-50(17-18-50)23-40(60)44-54-24-39(57-44)30-11-15-34-33-14-10-28(20-35(33)51(52,53)36(34)21-30)29-12-16-37-38(22-29)56-45(55-37)43-31-9-13-32(19-31)61(43)47(63)42(59-49(66)67-3)27-7-5-4-6-8-27/h4-8,10-12,14-16,20-22,24,26,31-32,40-43,58H,9,13,17-19,23,25H2,1-3H3,(H,54,57)(H,55,56)(H,59,66)(H,64,65)/t31-,32+,40-,41-,42+,43-/m0/s1. The molecule has 14 nitrogen and oxygen atoms in total. The first-order chi connectivity index (χ1) is 32.2. The number of carbonyl (C=O) groups excluding carboxylic acids is 3. The highest BCUT2D eigenvalue weighted by Crippen LogP contribution is 2.59. The van der Waals surface area contributed by atoms with Crippen LogP contribution in [0.3, 0.4) is 0 Å². The lowest BCUT2D eigenvalue weighted by molar-refractivity contribution is -0.138. The average molecular weight is 909 g/mol. The van der Waals surface area contributed by atoms with Crippen molar-refractivity contribution >= 4 is 35.0 Å². The fraction of sp³-hybridized carbons (Fsp3) is 0.373. The Morgan fingerprint density at radius 2 is 1.55 bits per heavy atom. The number of carbonyl (C=O) groups is 4. The summed E-state index contributed by atoms with van der Waals surface area (Å²) in [5, 5.41) is 14.6. The number of nitrogens with one attached hydrogen (secondary N) is 4. The molecule has 6 atom stereocenters. The minimum atomic E-state index is -3.31. The zero-order chi connectivity index (χ0) is 46.5. The van der Waals surface area contributed by atoms with E-state index in [9.17, 15) is 24.3 Å². The second kappa shape index (κ2) is 15.8. The number of alkyl carbamates (subject to hydrolysis) is 1. The monoisotopic (exact) mass is 908 g/mol. The molecule has 2 saturated carbocycles. The molecule has 4 heterocycles. The van der Waals surface area contributed by atoms with Gasteiger partial charge in [-0.25, -0.2) is 19.6 Å². The summed E-state index contributed by atoms with van der Waals surface area (Å²) in [7, 11) is 1.27. The number of aromatic nitrogens is 4. The van der Waals surface area contributed by atoms with E-state index in [4.69, 9.17) is 9.72 Å². The largest absolute Gasteiger partial charge is 0.465 e. The Morgan fingerprint density at radius 3 is 2.25 bits per heavy atom. The van der Waals surface area contributed by atoms with E-state index in [-0.39, 0.29) is 52.3 Å². The van der Waals surface area contributed by atoms with Crippen molar-refractivity contribution in [3.63, 3.8) is 0 Å². The van der Waals surface area contributed by atoms with Crippen molar-refractivity contribution in [3.8, 4) is 33.5 Å². The molecule has 67 heavy (non-hydrogen) atoms. The molecule has 5 aliphatic rings. The van der Waals surface area contributed by atoms with E-state index in [0.29, 0.717) is 69.2 Å². The predicted molar refractivity (Wildman–Crippen MR) is 244 cm³/mol. The molecule has 6 aromatic rings. The van der Waals surface area contributed by atoms with E-state index in [1.165, 1.54) is 13.2 Å². The van der Waals surface area contributed by atoms with Crippen molar-refractivity contribution in [2.24, 2.45) is 17.3 Å². The molecule has 0 unspecified atom stereocenters. The number of carboxylic acid groups (broad SMARTS) is 1.